The van der Waals surface area contributed by atoms with E-state index in [1.54, 1.807) is 11.0 Å². The number of aromatic nitrogens is 1. The van der Waals surface area contributed by atoms with Gasteiger partial charge in [0.1, 0.15) is 12.1 Å². The van der Waals surface area contributed by atoms with E-state index in [0.717, 1.165) is 28.6 Å². The maximum Gasteiger partial charge on any atom is 0.338 e. The van der Waals surface area contributed by atoms with Gasteiger partial charge in [-0.25, -0.2) is 9.78 Å². The highest BCUT2D eigenvalue weighted by molar-refractivity contribution is 6.10. The molecule has 0 atom stereocenters. The van der Waals surface area contributed by atoms with Crippen molar-refractivity contribution in [3.63, 3.8) is 0 Å². The van der Waals surface area contributed by atoms with E-state index in [9.17, 15) is 9.59 Å². The summed E-state index contributed by atoms with van der Waals surface area (Å²) in [5.74, 6) is -0.0819. The standard InChI is InChI=1S/C29H22N2O4/c32-26(31-17-15-19-7-1-3-13-24(19)31)16-18-34-29(33)22-11-6-9-20-8-5-10-21(27(20)22)28-30-23-12-2-4-14-25(23)35-28/h1-14H,15-18H2. The third kappa shape index (κ3) is 3.83. The Morgan fingerprint density at radius 2 is 1.71 bits per heavy atom. The maximum absolute atomic E-state index is 13.1. The maximum atomic E-state index is 13.1. The number of para-hydroxylation sites is 3. The number of hydrogen-bond acceptors (Lipinski definition) is 5. The molecule has 0 radical (unpaired) electrons. The highest BCUT2D eigenvalue weighted by Gasteiger charge is 2.24. The van der Waals surface area contributed by atoms with Crippen LogP contribution in [0.2, 0.25) is 0 Å². The fraction of sp³-hybridized carbons (Fsp3) is 0.138. The summed E-state index contributed by atoms with van der Waals surface area (Å²) >= 11 is 0. The number of anilines is 1. The fourth-order valence-corrected chi connectivity index (χ4v) is 4.72. The monoisotopic (exact) mass is 462 g/mol. The van der Waals surface area contributed by atoms with Crippen LogP contribution in [-0.2, 0) is 16.0 Å². The van der Waals surface area contributed by atoms with Crippen LogP contribution in [0.1, 0.15) is 22.3 Å². The molecule has 0 saturated heterocycles. The number of nitrogens with zero attached hydrogens (tertiary/aromatic N) is 2. The minimum Gasteiger partial charge on any atom is -0.462 e. The van der Waals surface area contributed by atoms with Gasteiger partial charge in [-0.15, -0.1) is 0 Å². The Bertz CT molecular complexity index is 1550. The summed E-state index contributed by atoms with van der Waals surface area (Å²) in [6.07, 6.45) is 0.971. The quantitative estimate of drug-likeness (QED) is 0.310. The van der Waals surface area contributed by atoms with Crippen LogP contribution < -0.4 is 4.90 Å². The van der Waals surface area contributed by atoms with E-state index >= 15 is 0 Å². The van der Waals surface area contributed by atoms with Gasteiger partial charge in [0.05, 0.1) is 12.0 Å². The second kappa shape index (κ2) is 8.72. The summed E-state index contributed by atoms with van der Waals surface area (Å²) in [7, 11) is 0. The molecule has 2 heterocycles. The van der Waals surface area contributed by atoms with Gasteiger partial charge in [-0.1, -0.05) is 54.6 Å². The van der Waals surface area contributed by atoms with Gasteiger partial charge in [0.25, 0.3) is 0 Å². The van der Waals surface area contributed by atoms with Crippen molar-refractivity contribution in [3.05, 3.63) is 96.1 Å². The predicted molar refractivity (Wildman–Crippen MR) is 134 cm³/mol. The predicted octanol–water partition coefficient (Wildman–Crippen LogP) is 5.78. The van der Waals surface area contributed by atoms with E-state index in [2.05, 4.69) is 4.98 Å². The van der Waals surface area contributed by atoms with Crippen LogP contribution in [-0.4, -0.2) is 30.0 Å². The molecule has 0 spiro atoms. The Kier molecular flexibility index (Phi) is 5.26. The number of carbonyl (C=O) groups is 2. The Morgan fingerprint density at radius 3 is 2.60 bits per heavy atom. The number of esters is 1. The molecular formula is C29H22N2O4. The van der Waals surface area contributed by atoms with Crippen LogP contribution in [0, 0.1) is 0 Å². The molecule has 6 nitrogen and oxygen atoms in total. The van der Waals surface area contributed by atoms with E-state index < -0.39 is 5.97 Å². The number of rotatable bonds is 5. The molecule has 1 aromatic heterocycles. The molecule has 4 aromatic carbocycles. The Labute approximate surface area is 201 Å². The average molecular weight is 463 g/mol. The van der Waals surface area contributed by atoms with Gasteiger partial charge in [-0.05, 0) is 47.7 Å². The number of fused-ring (bicyclic) bond motifs is 3. The van der Waals surface area contributed by atoms with Crippen LogP contribution >= 0.6 is 0 Å². The number of carbonyl (C=O) groups excluding carboxylic acids is 2. The normalized spacial score (nSPS) is 12.7. The zero-order chi connectivity index (χ0) is 23.8. The molecule has 172 valence electrons. The van der Waals surface area contributed by atoms with Crippen molar-refractivity contribution in [1.82, 2.24) is 4.98 Å². The molecule has 6 rings (SSSR count). The van der Waals surface area contributed by atoms with E-state index in [-0.39, 0.29) is 18.9 Å². The van der Waals surface area contributed by atoms with Gasteiger partial charge in [-0.3, -0.25) is 4.79 Å². The van der Waals surface area contributed by atoms with Crippen molar-refractivity contribution in [2.75, 3.05) is 18.1 Å². The van der Waals surface area contributed by atoms with Gasteiger partial charge in [0.2, 0.25) is 11.8 Å². The van der Waals surface area contributed by atoms with Crippen molar-refractivity contribution < 1.29 is 18.7 Å². The van der Waals surface area contributed by atoms with Crippen molar-refractivity contribution in [1.29, 1.82) is 0 Å². The molecular weight excluding hydrogens is 440 g/mol. The molecule has 35 heavy (non-hydrogen) atoms. The summed E-state index contributed by atoms with van der Waals surface area (Å²) in [5, 5.41) is 1.59. The topological polar surface area (TPSA) is 72.6 Å². The number of amides is 1. The average Bonchev–Trinajstić information content (AvgIpc) is 3.52. The van der Waals surface area contributed by atoms with Crippen LogP contribution in [0.5, 0.6) is 0 Å². The highest BCUT2D eigenvalue weighted by Crippen LogP contribution is 2.33. The summed E-state index contributed by atoms with van der Waals surface area (Å²) < 4.78 is 11.5. The van der Waals surface area contributed by atoms with Crippen LogP contribution in [0.25, 0.3) is 33.3 Å². The Morgan fingerprint density at radius 1 is 0.914 bits per heavy atom. The summed E-state index contributed by atoms with van der Waals surface area (Å²) in [4.78, 5) is 32.3. The van der Waals surface area contributed by atoms with E-state index in [4.69, 9.17) is 9.15 Å². The number of hydrogen-bond donors (Lipinski definition) is 0. The lowest BCUT2D eigenvalue weighted by Gasteiger charge is -2.17. The SMILES string of the molecule is O=C(OCCC(=O)N1CCc2ccccc21)c1cccc2cccc(-c3nc4ccccc4o3)c12. The highest BCUT2D eigenvalue weighted by atomic mass is 16.5. The molecule has 1 amide bonds. The first kappa shape index (κ1) is 21.1. The number of ether oxygens (including phenoxy) is 1. The molecule has 1 aliphatic heterocycles. The van der Waals surface area contributed by atoms with Crippen molar-refractivity contribution in [2.45, 2.75) is 12.8 Å². The molecule has 0 saturated carbocycles. The molecule has 1 aliphatic rings. The molecule has 5 aromatic rings. The zero-order valence-electron chi connectivity index (χ0n) is 18.9. The van der Waals surface area contributed by atoms with Crippen LogP contribution in [0.3, 0.4) is 0 Å². The summed E-state index contributed by atoms with van der Waals surface area (Å²) in [6, 6.07) is 26.7. The second-order valence-corrected chi connectivity index (χ2v) is 8.51. The molecule has 0 N–H and O–H groups in total. The first-order valence-corrected chi connectivity index (χ1v) is 11.6. The number of benzene rings is 4. The molecule has 6 heteroatoms. The Hall–Kier alpha value is -4.45. The number of oxazole rings is 1. The Balaban J connectivity index is 1.24. The molecule has 0 fully saturated rings. The summed E-state index contributed by atoms with van der Waals surface area (Å²) in [6.45, 7) is 0.668. The molecule has 0 aliphatic carbocycles. The summed E-state index contributed by atoms with van der Waals surface area (Å²) in [5.41, 5.74) is 4.68. The van der Waals surface area contributed by atoms with Crippen molar-refractivity contribution in [2.24, 2.45) is 0 Å². The lowest BCUT2D eigenvalue weighted by molar-refractivity contribution is -0.119. The van der Waals surface area contributed by atoms with Gasteiger partial charge >= 0.3 is 5.97 Å². The van der Waals surface area contributed by atoms with Crippen LogP contribution in [0.4, 0.5) is 5.69 Å². The first-order chi connectivity index (χ1) is 17.2. The van der Waals surface area contributed by atoms with E-state index in [0.29, 0.717) is 29.0 Å². The van der Waals surface area contributed by atoms with Gasteiger partial charge in [0.15, 0.2) is 5.58 Å². The zero-order valence-corrected chi connectivity index (χ0v) is 18.9. The largest absolute Gasteiger partial charge is 0.462 e. The lowest BCUT2D eigenvalue weighted by atomic mass is 9.99. The third-order valence-corrected chi connectivity index (χ3v) is 6.39. The van der Waals surface area contributed by atoms with Gasteiger partial charge < -0.3 is 14.1 Å². The van der Waals surface area contributed by atoms with Crippen LogP contribution in [0.15, 0.2) is 89.3 Å². The van der Waals surface area contributed by atoms with E-state index in [1.165, 1.54) is 5.56 Å². The minimum atomic E-state index is -0.478. The lowest BCUT2D eigenvalue weighted by Crippen LogP contribution is -2.30. The fourth-order valence-electron chi connectivity index (χ4n) is 4.72. The minimum absolute atomic E-state index is 0.0117. The van der Waals surface area contributed by atoms with Gasteiger partial charge in [0, 0.05) is 23.2 Å². The second-order valence-electron chi connectivity index (χ2n) is 8.51. The third-order valence-electron chi connectivity index (χ3n) is 6.39. The van der Waals surface area contributed by atoms with Crippen molar-refractivity contribution in [3.8, 4) is 11.5 Å². The molecule has 0 bridgehead atoms. The van der Waals surface area contributed by atoms with E-state index in [1.807, 2.05) is 78.9 Å². The molecule has 0 unspecified atom stereocenters. The smallest absolute Gasteiger partial charge is 0.338 e. The van der Waals surface area contributed by atoms with Crippen molar-refractivity contribution >= 4 is 39.4 Å². The first-order valence-electron chi connectivity index (χ1n) is 11.6. The van der Waals surface area contributed by atoms with Gasteiger partial charge in [-0.2, -0.15) is 0 Å².